The molecular formula is C18H20FN3O3. The SMILES string of the molecule is COCc1cc(N2CCCC(C(=O)O)C2)nc(-c2cccc(F)c2)n1. The molecule has 0 saturated carbocycles. The van der Waals surface area contributed by atoms with Crippen molar-refractivity contribution in [2.75, 3.05) is 25.1 Å². The van der Waals surface area contributed by atoms with Gasteiger partial charge in [0.2, 0.25) is 0 Å². The number of halogens is 1. The summed E-state index contributed by atoms with van der Waals surface area (Å²) < 4.78 is 18.7. The molecule has 0 spiro atoms. The fourth-order valence-electron chi connectivity index (χ4n) is 3.01. The molecule has 132 valence electrons. The summed E-state index contributed by atoms with van der Waals surface area (Å²) in [6, 6.07) is 7.90. The molecule has 1 atom stereocenters. The first kappa shape index (κ1) is 17.3. The van der Waals surface area contributed by atoms with E-state index in [4.69, 9.17) is 4.74 Å². The van der Waals surface area contributed by atoms with Crippen LogP contribution >= 0.6 is 0 Å². The summed E-state index contributed by atoms with van der Waals surface area (Å²) in [4.78, 5) is 22.2. The van der Waals surface area contributed by atoms with Gasteiger partial charge in [-0.25, -0.2) is 14.4 Å². The van der Waals surface area contributed by atoms with Crippen molar-refractivity contribution in [1.29, 1.82) is 0 Å². The van der Waals surface area contributed by atoms with E-state index in [9.17, 15) is 14.3 Å². The van der Waals surface area contributed by atoms with E-state index < -0.39 is 11.9 Å². The Morgan fingerprint density at radius 2 is 2.24 bits per heavy atom. The molecular weight excluding hydrogens is 325 g/mol. The number of hydrogen-bond donors (Lipinski definition) is 1. The quantitative estimate of drug-likeness (QED) is 0.898. The van der Waals surface area contributed by atoms with E-state index in [2.05, 4.69) is 9.97 Å². The summed E-state index contributed by atoms with van der Waals surface area (Å²) in [5.41, 5.74) is 1.25. The average Bonchev–Trinajstić information content (AvgIpc) is 2.62. The van der Waals surface area contributed by atoms with E-state index in [1.54, 1.807) is 25.3 Å². The number of carboxylic acid groups (broad SMARTS) is 1. The zero-order valence-corrected chi connectivity index (χ0v) is 14.0. The van der Waals surface area contributed by atoms with Gasteiger partial charge in [-0.05, 0) is 25.0 Å². The van der Waals surface area contributed by atoms with Crippen LogP contribution in [0.5, 0.6) is 0 Å². The van der Waals surface area contributed by atoms with Gasteiger partial charge < -0.3 is 14.7 Å². The summed E-state index contributed by atoms with van der Waals surface area (Å²) in [7, 11) is 1.57. The summed E-state index contributed by atoms with van der Waals surface area (Å²) in [5, 5.41) is 9.28. The predicted octanol–water partition coefficient (Wildman–Crippen LogP) is 2.73. The maximum Gasteiger partial charge on any atom is 0.308 e. The largest absolute Gasteiger partial charge is 0.481 e. The smallest absolute Gasteiger partial charge is 0.308 e. The third-order valence-electron chi connectivity index (χ3n) is 4.24. The van der Waals surface area contributed by atoms with Crippen molar-refractivity contribution in [1.82, 2.24) is 9.97 Å². The Morgan fingerprint density at radius 1 is 1.40 bits per heavy atom. The molecule has 0 aliphatic carbocycles. The van der Waals surface area contributed by atoms with Crippen molar-refractivity contribution in [2.24, 2.45) is 5.92 Å². The van der Waals surface area contributed by atoms with Crippen LogP contribution in [0.2, 0.25) is 0 Å². The van der Waals surface area contributed by atoms with Gasteiger partial charge in [0.15, 0.2) is 5.82 Å². The maximum absolute atomic E-state index is 13.5. The van der Waals surface area contributed by atoms with Crippen LogP contribution in [-0.4, -0.2) is 41.2 Å². The number of ether oxygens (including phenoxy) is 1. The highest BCUT2D eigenvalue weighted by atomic mass is 19.1. The number of carboxylic acids is 1. The molecule has 1 aliphatic heterocycles. The fraction of sp³-hybridized carbons (Fsp3) is 0.389. The molecule has 1 aromatic carbocycles. The fourth-order valence-corrected chi connectivity index (χ4v) is 3.01. The molecule has 1 unspecified atom stereocenters. The number of methoxy groups -OCH3 is 1. The van der Waals surface area contributed by atoms with Crippen molar-refractivity contribution < 1.29 is 19.0 Å². The second-order valence-corrected chi connectivity index (χ2v) is 6.11. The Kier molecular flexibility index (Phi) is 5.23. The Labute approximate surface area is 145 Å². The number of nitrogens with zero attached hydrogens (tertiary/aromatic N) is 3. The van der Waals surface area contributed by atoms with Crippen LogP contribution in [0.3, 0.4) is 0 Å². The lowest BCUT2D eigenvalue weighted by molar-refractivity contribution is -0.141. The van der Waals surface area contributed by atoms with E-state index in [1.165, 1.54) is 12.1 Å². The number of rotatable bonds is 5. The number of benzene rings is 1. The Hall–Kier alpha value is -2.54. The number of carbonyl (C=O) groups is 1. The van der Waals surface area contributed by atoms with Crippen LogP contribution in [-0.2, 0) is 16.1 Å². The Balaban J connectivity index is 1.97. The van der Waals surface area contributed by atoms with Crippen molar-refractivity contribution in [2.45, 2.75) is 19.4 Å². The van der Waals surface area contributed by atoms with Crippen LogP contribution in [0, 0.1) is 11.7 Å². The lowest BCUT2D eigenvalue weighted by Gasteiger charge is -2.32. The molecule has 0 amide bonds. The predicted molar refractivity (Wildman–Crippen MR) is 90.7 cm³/mol. The molecule has 1 N–H and O–H groups in total. The molecule has 6 nitrogen and oxygen atoms in total. The zero-order valence-electron chi connectivity index (χ0n) is 14.0. The number of anilines is 1. The first-order chi connectivity index (χ1) is 12.1. The molecule has 1 saturated heterocycles. The standard InChI is InChI=1S/C18H20FN3O3/c1-25-11-15-9-16(22-7-3-5-13(10-22)18(23)24)21-17(20-15)12-4-2-6-14(19)8-12/h2,4,6,8-9,13H,3,5,7,10-11H2,1H3,(H,23,24). The first-order valence-electron chi connectivity index (χ1n) is 8.17. The first-order valence-corrected chi connectivity index (χ1v) is 8.17. The maximum atomic E-state index is 13.5. The van der Waals surface area contributed by atoms with Gasteiger partial charge >= 0.3 is 5.97 Å². The van der Waals surface area contributed by atoms with Crippen molar-refractivity contribution in [3.63, 3.8) is 0 Å². The lowest BCUT2D eigenvalue weighted by Crippen LogP contribution is -2.39. The van der Waals surface area contributed by atoms with Crippen LogP contribution in [0.15, 0.2) is 30.3 Å². The number of aliphatic carboxylic acids is 1. The summed E-state index contributed by atoms with van der Waals surface area (Å²) in [5.74, 6) is -0.508. The number of hydrogen-bond acceptors (Lipinski definition) is 5. The molecule has 7 heteroatoms. The average molecular weight is 345 g/mol. The minimum Gasteiger partial charge on any atom is -0.481 e. The lowest BCUT2D eigenvalue weighted by atomic mass is 9.98. The second kappa shape index (κ2) is 7.57. The topological polar surface area (TPSA) is 75.5 Å². The molecule has 3 rings (SSSR count). The Bertz CT molecular complexity index is 769. The van der Waals surface area contributed by atoms with Gasteiger partial charge in [-0.15, -0.1) is 0 Å². The number of aromatic nitrogens is 2. The van der Waals surface area contributed by atoms with Crippen LogP contribution in [0.4, 0.5) is 10.2 Å². The minimum absolute atomic E-state index is 0.300. The highest BCUT2D eigenvalue weighted by molar-refractivity contribution is 5.71. The van der Waals surface area contributed by atoms with Crippen LogP contribution in [0.1, 0.15) is 18.5 Å². The molecule has 2 aromatic rings. The van der Waals surface area contributed by atoms with Gasteiger partial charge in [0.25, 0.3) is 0 Å². The summed E-state index contributed by atoms with van der Waals surface area (Å²) >= 11 is 0. The second-order valence-electron chi connectivity index (χ2n) is 6.11. The van der Waals surface area contributed by atoms with Crippen molar-refractivity contribution in [3.8, 4) is 11.4 Å². The molecule has 1 aromatic heterocycles. The molecule has 25 heavy (non-hydrogen) atoms. The van der Waals surface area contributed by atoms with E-state index in [1.807, 2.05) is 4.90 Å². The third-order valence-corrected chi connectivity index (χ3v) is 4.24. The van der Waals surface area contributed by atoms with Gasteiger partial charge in [-0.3, -0.25) is 4.79 Å². The number of piperidine rings is 1. The Morgan fingerprint density at radius 3 is 2.96 bits per heavy atom. The van der Waals surface area contributed by atoms with Gasteiger partial charge in [0.05, 0.1) is 18.2 Å². The highest BCUT2D eigenvalue weighted by Crippen LogP contribution is 2.25. The van der Waals surface area contributed by atoms with E-state index >= 15 is 0 Å². The van der Waals surface area contributed by atoms with E-state index in [0.29, 0.717) is 42.5 Å². The van der Waals surface area contributed by atoms with Gasteiger partial charge in [0, 0.05) is 31.8 Å². The van der Waals surface area contributed by atoms with Crippen molar-refractivity contribution in [3.05, 3.63) is 41.8 Å². The monoisotopic (exact) mass is 345 g/mol. The summed E-state index contributed by atoms with van der Waals surface area (Å²) in [6.45, 7) is 1.44. The van der Waals surface area contributed by atoms with Crippen molar-refractivity contribution >= 4 is 11.8 Å². The van der Waals surface area contributed by atoms with Crippen LogP contribution in [0.25, 0.3) is 11.4 Å². The molecule has 0 radical (unpaired) electrons. The molecule has 2 heterocycles. The normalized spacial score (nSPS) is 17.5. The summed E-state index contributed by atoms with van der Waals surface area (Å²) in [6.07, 6.45) is 1.45. The molecule has 0 bridgehead atoms. The zero-order chi connectivity index (χ0) is 17.8. The van der Waals surface area contributed by atoms with Crippen LogP contribution < -0.4 is 4.90 Å². The van der Waals surface area contributed by atoms with Gasteiger partial charge in [-0.2, -0.15) is 0 Å². The molecule has 1 fully saturated rings. The third kappa shape index (κ3) is 4.11. The van der Waals surface area contributed by atoms with Gasteiger partial charge in [-0.1, -0.05) is 12.1 Å². The van der Waals surface area contributed by atoms with E-state index in [0.717, 1.165) is 13.0 Å². The highest BCUT2D eigenvalue weighted by Gasteiger charge is 2.26. The van der Waals surface area contributed by atoms with Gasteiger partial charge in [0.1, 0.15) is 11.6 Å². The minimum atomic E-state index is -0.791. The molecule has 1 aliphatic rings. The van der Waals surface area contributed by atoms with E-state index in [-0.39, 0.29) is 5.82 Å².